The first kappa shape index (κ1) is 20.3. The van der Waals surface area contributed by atoms with E-state index < -0.39 is 28.0 Å². The van der Waals surface area contributed by atoms with E-state index in [1.807, 2.05) is 0 Å². The van der Waals surface area contributed by atoms with Gasteiger partial charge in [0.1, 0.15) is 0 Å². The Bertz CT molecular complexity index is 739. The number of sulfonamides is 1. The first-order valence-electron chi connectivity index (χ1n) is 8.41. The number of hydrogen-bond acceptors (Lipinski definition) is 6. The molecule has 26 heavy (non-hydrogen) atoms. The second kappa shape index (κ2) is 8.61. The molecule has 0 unspecified atom stereocenters. The maximum Gasteiger partial charge on any atom is 0.309 e. The number of nitrogens with zero attached hydrogens (tertiary/aromatic N) is 1. The molecule has 0 saturated carbocycles. The molecule has 1 aromatic carbocycles. The average Bonchev–Trinajstić information content (AvgIpc) is 2.62. The van der Waals surface area contributed by atoms with Crippen LogP contribution in [0, 0.1) is 5.92 Å². The number of ether oxygens (including phenoxy) is 2. The summed E-state index contributed by atoms with van der Waals surface area (Å²) < 4.78 is 36.7. The fourth-order valence-electron chi connectivity index (χ4n) is 2.25. The predicted molar refractivity (Wildman–Crippen MR) is 95.0 cm³/mol. The van der Waals surface area contributed by atoms with Crippen molar-refractivity contribution in [3.63, 3.8) is 0 Å². The molecule has 1 amide bonds. The Labute approximate surface area is 153 Å². The second-order valence-electron chi connectivity index (χ2n) is 6.26. The molecule has 0 radical (unpaired) electrons. The predicted octanol–water partition coefficient (Wildman–Crippen LogP) is 1.23. The van der Waals surface area contributed by atoms with Crippen LogP contribution in [0.15, 0.2) is 29.2 Å². The Morgan fingerprint density at radius 2 is 1.69 bits per heavy atom. The maximum absolute atomic E-state index is 12.5. The molecular formula is C17H24N2O6S. The fourth-order valence-corrected chi connectivity index (χ4v) is 3.66. The highest BCUT2D eigenvalue weighted by atomic mass is 32.2. The SMILES string of the molecule is CC(C)C(=O)O[C@@H](C)C(=O)Nc1ccc(S(=O)(=O)N2CCOCC2)cc1. The number of nitrogens with one attached hydrogen (secondary N) is 1. The van der Waals surface area contributed by atoms with Gasteiger partial charge in [0.25, 0.3) is 5.91 Å². The Morgan fingerprint density at radius 1 is 1.12 bits per heavy atom. The molecule has 0 bridgehead atoms. The van der Waals surface area contributed by atoms with E-state index in [0.29, 0.717) is 32.0 Å². The molecule has 1 aromatic rings. The van der Waals surface area contributed by atoms with Crippen LogP contribution in [0.4, 0.5) is 5.69 Å². The molecule has 0 aromatic heterocycles. The first-order valence-corrected chi connectivity index (χ1v) is 9.85. The largest absolute Gasteiger partial charge is 0.452 e. The minimum Gasteiger partial charge on any atom is -0.452 e. The number of esters is 1. The van der Waals surface area contributed by atoms with Crippen molar-refractivity contribution < 1.29 is 27.5 Å². The smallest absolute Gasteiger partial charge is 0.309 e. The van der Waals surface area contributed by atoms with Gasteiger partial charge >= 0.3 is 5.97 Å². The molecule has 1 fully saturated rings. The highest BCUT2D eigenvalue weighted by Gasteiger charge is 2.26. The summed E-state index contributed by atoms with van der Waals surface area (Å²) in [5.74, 6) is -1.27. The lowest BCUT2D eigenvalue weighted by molar-refractivity contribution is -0.156. The molecule has 2 rings (SSSR count). The van der Waals surface area contributed by atoms with E-state index in [0.717, 1.165) is 0 Å². The van der Waals surface area contributed by atoms with E-state index >= 15 is 0 Å². The van der Waals surface area contributed by atoms with E-state index in [2.05, 4.69) is 5.32 Å². The number of rotatable bonds is 6. The number of carbonyl (C=O) groups is 2. The maximum atomic E-state index is 12.5. The van der Waals surface area contributed by atoms with Gasteiger partial charge in [-0.1, -0.05) is 13.8 Å². The Morgan fingerprint density at radius 3 is 2.23 bits per heavy atom. The van der Waals surface area contributed by atoms with Crippen molar-refractivity contribution >= 4 is 27.6 Å². The molecule has 8 nitrogen and oxygen atoms in total. The molecule has 1 heterocycles. The van der Waals surface area contributed by atoms with Gasteiger partial charge in [0, 0.05) is 18.8 Å². The van der Waals surface area contributed by atoms with Gasteiger partial charge in [-0.2, -0.15) is 4.31 Å². The van der Waals surface area contributed by atoms with Crippen LogP contribution in [0.1, 0.15) is 20.8 Å². The zero-order valence-corrected chi connectivity index (χ0v) is 15.9. The van der Waals surface area contributed by atoms with Crippen LogP contribution in [0.25, 0.3) is 0 Å². The summed E-state index contributed by atoms with van der Waals surface area (Å²) in [6, 6.07) is 5.88. The summed E-state index contributed by atoms with van der Waals surface area (Å²) in [5, 5.41) is 2.60. The highest BCUT2D eigenvalue weighted by molar-refractivity contribution is 7.89. The summed E-state index contributed by atoms with van der Waals surface area (Å²) in [6.45, 7) is 6.23. The lowest BCUT2D eigenvalue weighted by Gasteiger charge is -2.26. The van der Waals surface area contributed by atoms with Gasteiger partial charge in [-0.15, -0.1) is 0 Å². The number of carbonyl (C=O) groups excluding carboxylic acids is 2. The van der Waals surface area contributed by atoms with Crippen LogP contribution in [-0.4, -0.2) is 57.0 Å². The Kier molecular flexibility index (Phi) is 6.74. The van der Waals surface area contributed by atoms with Gasteiger partial charge in [0.2, 0.25) is 10.0 Å². The van der Waals surface area contributed by atoms with Gasteiger partial charge in [0.15, 0.2) is 6.10 Å². The average molecular weight is 384 g/mol. The van der Waals surface area contributed by atoms with Crippen LogP contribution >= 0.6 is 0 Å². The zero-order valence-electron chi connectivity index (χ0n) is 15.1. The third-order valence-electron chi connectivity index (χ3n) is 3.86. The number of amides is 1. The van der Waals surface area contributed by atoms with Crippen molar-refractivity contribution in [3.05, 3.63) is 24.3 Å². The number of morpholine rings is 1. The van der Waals surface area contributed by atoms with Crippen LogP contribution in [0.3, 0.4) is 0 Å². The standard InChI is InChI=1S/C17H24N2O6S/c1-12(2)17(21)25-13(3)16(20)18-14-4-6-15(7-5-14)26(22,23)19-8-10-24-11-9-19/h4-7,12-13H,8-11H2,1-3H3,(H,18,20)/t13-/m0/s1. The molecule has 144 valence electrons. The zero-order chi connectivity index (χ0) is 19.3. The van der Waals surface area contributed by atoms with Crippen molar-refractivity contribution in [1.82, 2.24) is 4.31 Å². The van der Waals surface area contributed by atoms with Crippen molar-refractivity contribution in [3.8, 4) is 0 Å². The molecule has 0 aliphatic carbocycles. The van der Waals surface area contributed by atoms with Crippen LogP contribution in [0.2, 0.25) is 0 Å². The van der Waals surface area contributed by atoms with E-state index in [4.69, 9.17) is 9.47 Å². The monoisotopic (exact) mass is 384 g/mol. The van der Waals surface area contributed by atoms with Gasteiger partial charge in [-0.3, -0.25) is 9.59 Å². The summed E-state index contributed by atoms with van der Waals surface area (Å²) in [7, 11) is -3.58. The molecule has 0 spiro atoms. The lowest BCUT2D eigenvalue weighted by Crippen LogP contribution is -2.40. The third-order valence-corrected chi connectivity index (χ3v) is 5.78. The third kappa shape index (κ3) is 5.03. The van der Waals surface area contributed by atoms with Crippen molar-refractivity contribution in [2.75, 3.05) is 31.6 Å². The number of benzene rings is 1. The van der Waals surface area contributed by atoms with E-state index in [1.165, 1.54) is 35.5 Å². The second-order valence-corrected chi connectivity index (χ2v) is 8.20. The quantitative estimate of drug-likeness (QED) is 0.740. The minimum atomic E-state index is -3.58. The fraction of sp³-hybridized carbons (Fsp3) is 0.529. The van der Waals surface area contributed by atoms with E-state index in [9.17, 15) is 18.0 Å². The van der Waals surface area contributed by atoms with Crippen molar-refractivity contribution in [2.45, 2.75) is 31.8 Å². The topological polar surface area (TPSA) is 102 Å². The normalized spacial score (nSPS) is 16.9. The minimum absolute atomic E-state index is 0.150. The van der Waals surface area contributed by atoms with Gasteiger partial charge < -0.3 is 14.8 Å². The Hall–Kier alpha value is -1.97. The van der Waals surface area contributed by atoms with Crippen molar-refractivity contribution in [2.24, 2.45) is 5.92 Å². The summed E-state index contributed by atoms with van der Waals surface area (Å²) >= 11 is 0. The first-order chi connectivity index (χ1) is 12.2. The lowest BCUT2D eigenvalue weighted by atomic mass is 10.2. The van der Waals surface area contributed by atoms with E-state index in [-0.39, 0.29) is 10.8 Å². The number of hydrogen-bond donors (Lipinski definition) is 1. The van der Waals surface area contributed by atoms with Gasteiger partial charge in [-0.05, 0) is 31.2 Å². The highest BCUT2D eigenvalue weighted by Crippen LogP contribution is 2.19. The molecule has 1 aliphatic heterocycles. The molecular weight excluding hydrogens is 360 g/mol. The van der Waals surface area contributed by atoms with Gasteiger partial charge in [0.05, 0.1) is 24.0 Å². The van der Waals surface area contributed by atoms with E-state index in [1.54, 1.807) is 13.8 Å². The molecule has 1 saturated heterocycles. The molecule has 9 heteroatoms. The van der Waals surface area contributed by atoms with Crippen LogP contribution < -0.4 is 5.32 Å². The summed E-state index contributed by atoms with van der Waals surface area (Å²) in [4.78, 5) is 23.8. The molecule has 1 atom stereocenters. The van der Waals surface area contributed by atoms with Crippen LogP contribution in [0.5, 0.6) is 0 Å². The Balaban J connectivity index is 2.00. The van der Waals surface area contributed by atoms with Crippen LogP contribution in [-0.2, 0) is 29.1 Å². The van der Waals surface area contributed by atoms with Crippen molar-refractivity contribution in [1.29, 1.82) is 0 Å². The molecule has 1 aliphatic rings. The number of anilines is 1. The molecule has 1 N–H and O–H groups in total. The summed E-state index contributed by atoms with van der Waals surface area (Å²) in [5.41, 5.74) is 0.420. The summed E-state index contributed by atoms with van der Waals surface area (Å²) in [6.07, 6.45) is -0.943. The van der Waals surface area contributed by atoms with Gasteiger partial charge in [-0.25, -0.2) is 8.42 Å².